The van der Waals surface area contributed by atoms with Crippen LogP contribution < -0.4 is 10.5 Å². The van der Waals surface area contributed by atoms with Gasteiger partial charge in [-0.1, -0.05) is 15.9 Å². The lowest BCUT2D eigenvalue weighted by atomic mass is 9.91. The van der Waals surface area contributed by atoms with Gasteiger partial charge in [-0.2, -0.15) is 0 Å². The predicted octanol–water partition coefficient (Wildman–Crippen LogP) is 3.19. The minimum absolute atomic E-state index is 0.0545. The van der Waals surface area contributed by atoms with E-state index in [2.05, 4.69) is 15.9 Å². The molecular formula is C16H22BrNO3. The van der Waals surface area contributed by atoms with Crippen LogP contribution >= 0.6 is 15.9 Å². The lowest BCUT2D eigenvalue weighted by molar-refractivity contribution is -0.112. The number of hydrogen-bond donors (Lipinski definition) is 1. The molecule has 0 radical (unpaired) electrons. The van der Waals surface area contributed by atoms with Crippen LogP contribution in [0.3, 0.4) is 0 Å². The Hall–Kier alpha value is -0.620. The Balaban J connectivity index is 1.74. The second kappa shape index (κ2) is 6.24. The van der Waals surface area contributed by atoms with Crippen LogP contribution in [0.25, 0.3) is 0 Å². The molecular weight excluding hydrogens is 334 g/mol. The molecule has 2 aliphatic rings. The topological polar surface area (TPSA) is 53.7 Å². The molecule has 1 spiro atoms. The van der Waals surface area contributed by atoms with E-state index in [0.717, 1.165) is 48.3 Å². The van der Waals surface area contributed by atoms with Crippen molar-refractivity contribution in [3.05, 3.63) is 28.2 Å². The highest BCUT2D eigenvalue weighted by Crippen LogP contribution is 2.36. The van der Waals surface area contributed by atoms with Crippen molar-refractivity contribution >= 4 is 15.9 Å². The molecule has 3 atom stereocenters. The summed E-state index contributed by atoms with van der Waals surface area (Å²) in [5, 5.41) is 0. The maximum absolute atomic E-state index is 6.25. The number of rotatable bonds is 3. The lowest BCUT2D eigenvalue weighted by Gasteiger charge is -2.37. The Labute approximate surface area is 134 Å². The largest absolute Gasteiger partial charge is 0.490 e. The number of benzene rings is 1. The molecule has 0 amide bonds. The van der Waals surface area contributed by atoms with Crippen molar-refractivity contribution < 1.29 is 14.2 Å². The van der Waals surface area contributed by atoms with Crippen LogP contribution in [-0.2, 0) is 9.47 Å². The van der Waals surface area contributed by atoms with Crippen LogP contribution in [0.1, 0.15) is 37.8 Å². The third-order valence-electron chi connectivity index (χ3n) is 4.27. The van der Waals surface area contributed by atoms with Crippen molar-refractivity contribution in [2.75, 3.05) is 19.8 Å². The van der Waals surface area contributed by atoms with E-state index in [9.17, 15) is 0 Å². The summed E-state index contributed by atoms with van der Waals surface area (Å²) in [7, 11) is 0. The molecule has 2 aliphatic heterocycles. The fraction of sp³-hybridized carbons (Fsp3) is 0.625. The minimum Gasteiger partial charge on any atom is -0.490 e. The summed E-state index contributed by atoms with van der Waals surface area (Å²) >= 11 is 3.49. The SMILES string of the molecule is CC(N)c1cc(Br)ccc1OC1CCOC2(CCOC2)C1. The van der Waals surface area contributed by atoms with Gasteiger partial charge >= 0.3 is 0 Å². The lowest BCUT2D eigenvalue weighted by Crippen LogP contribution is -2.44. The van der Waals surface area contributed by atoms with Gasteiger partial charge in [-0.15, -0.1) is 0 Å². The molecule has 2 N–H and O–H groups in total. The van der Waals surface area contributed by atoms with Crippen molar-refractivity contribution in [1.29, 1.82) is 0 Å². The molecule has 1 aromatic rings. The number of nitrogens with two attached hydrogens (primary N) is 1. The van der Waals surface area contributed by atoms with Crippen LogP contribution in [0.15, 0.2) is 22.7 Å². The average Bonchev–Trinajstić information content (AvgIpc) is 2.88. The summed E-state index contributed by atoms with van der Waals surface area (Å²) in [5.74, 6) is 0.883. The van der Waals surface area contributed by atoms with E-state index in [1.165, 1.54) is 0 Å². The van der Waals surface area contributed by atoms with E-state index in [0.29, 0.717) is 6.61 Å². The second-order valence-corrected chi connectivity index (χ2v) is 6.95. The Kier molecular flexibility index (Phi) is 4.54. The number of ether oxygens (including phenoxy) is 3. The summed E-state index contributed by atoms with van der Waals surface area (Å²) in [5.41, 5.74) is 6.96. The van der Waals surface area contributed by atoms with Gasteiger partial charge < -0.3 is 19.9 Å². The monoisotopic (exact) mass is 355 g/mol. The maximum atomic E-state index is 6.25. The highest BCUT2D eigenvalue weighted by atomic mass is 79.9. The molecule has 5 heteroatoms. The first-order chi connectivity index (χ1) is 10.1. The summed E-state index contributed by atoms with van der Waals surface area (Å²) in [6, 6.07) is 5.97. The Morgan fingerprint density at radius 3 is 3.00 bits per heavy atom. The highest BCUT2D eigenvalue weighted by Gasteiger charge is 2.41. The zero-order chi connectivity index (χ0) is 14.9. The zero-order valence-corrected chi connectivity index (χ0v) is 13.9. The molecule has 0 bridgehead atoms. The summed E-state index contributed by atoms with van der Waals surface area (Å²) < 4.78 is 18.7. The standard InChI is InChI=1S/C16H22BrNO3/c1-11(18)14-8-12(17)2-3-15(14)21-13-4-6-20-16(9-13)5-7-19-10-16/h2-3,8,11,13H,4-7,9-10,18H2,1H3. The molecule has 21 heavy (non-hydrogen) atoms. The van der Waals surface area contributed by atoms with Crippen molar-refractivity contribution in [2.24, 2.45) is 5.73 Å². The van der Waals surface area contributed by atoms with E-state index in [4.69, 9.17) is 19.9 Å². The van der Waals surface area contributed by atoms with Crippen molar-refractivity contribution in [3.63, 3.8) is 0 Å². The minimum atomic E-state index is -0.132. The van der Waals surface area contributed by atoms with Crippen LogP contribution in [0.5, 0.6) is 5.75 Å². The second-order valence-electron chi connectivity index (χ2n) is 6.04. The molecule has 3 unspecified atom stereocenters. The Bertz CT molecular complexity index is 500. The van der Waals surface area contributed by atoms with Gasteiger partial charge in [-0.25, -0.2) is 0 Å². The van der Waals surface area contributed by atoms with Crippen LogP contribution in [0.4, 0.5) is 0 Å². The molecule has 0 aliphatic carbocycles. The first-order valence-electron chi connectivity index (χ1n) is 7.51. The number of halogens is 1. The molecule has 2 heterocycles. The molecule has 2 saturated heterocycles. The van der Waals surface area contributed by atoms with E-state index in [-0.39, 0.29) is 17.7 Å². The summed E-state index contributed by atoms with van der Waals surface area (Å²) in [6.07, 6.45) is 2.93. The Morgan fingerprint density at radius 2 is 2.29 bits per heavy atom. The van der Waals surface area contributed by atoms with Gasteiger partial charge in [0.15, 0.2) is 0 Å². The maximum Gasteiger partial charge on any atom is 0.124 e. The fourth-order valence-electron chi connectivity index (χ4n) is 3.11. The van der Waals surface area contributed by atoms with Gasteiger partial charge in [0.2, 0.25) is 0 Å². The molecule has 1 aromatic carbocycles. The van der Waals surface area contributed by atoms with Crippen LogP contribution in [0.2, 0.25) is 0 Å². The molecule has 3 rings (SSSR count). The van der Waals surface area contributed by atoms with E-state index < -0.39 is 0 Å². The van der Waals surface area contributed by atoms with Gasteiger partial charge in [-0.3, -0.25) is 0 Å². The van der Waals surface area contributed by atoms with E-state index in [1.54, 1.807) is 0 Å². The molecule has 116 valence electrons. The van der Waals surface area contributed by atoms with Crippen molar-refractivity contribution in [1.82, 2.24) is 0 Å². The zero-order valence-electron chi connectivity index (χ0n) is 12.3. The molecule has 0 aromatic heterocycles. The normalized spacial score (nSPS) is 30.5. The average molecular weight is 356 g/mol. The predicted molar refractivity (Wildman–Crippen MR) is 84.5 cm³/mol. The Morgan fingerprint density at radius 1 is 1.43 bits per heavy atom. The van der Waals surface area contributed by atoms with Crippen LogP contribution in [-0.4, -0.2) is 31.5 Å². The van der Waals surface area contributed by atoms with Gasteiger partial charge in [0, 0.05) is 41.9 Å². The first-order valence-corrected chi connectivity index (χ1v) is 8.31. The third-order valence-corrected chi connectivity index (χ3v) is 4.76. The quantitative estimate of drug-likeness (QED) is 0.904. The van der Waals surface area contributed by atoms with Gasteiger partial charge in [-0.05, 0) is 25.1 Å². The molecule has 2 fully saturated rings. The van der Waals surface area contributed by atoms with E-state index in [1.807, 2.05) is 25.1 Å². The number of hydrogen-bond acceptors (Lipinski definition) is 4. The first kappa shape index (κ1) is 15.3. The van der Waals surface area contributed by atoms with Crippen molar-refractivity contribution in [2.45, 2.75) is 43.9 Å². The van der Waals surface area contributed by atoms with Crippen molar-refractivity contribution in [3.8, 4) is 5.75 Å². The molecule has 4 nitrogen and oxygen atoms in total. The third kappa shape index (κ3) is 3.42. The molecule has 0 saturated carbocycles. The summed E-state index contributed by atoms with van der Waals surface area (Å²) in [4.78, 5) is 0. The van der Waals surface area contributed by atoms with Gasteiger partial charge in [0.05, 0.1) is 18.8 Å². The van der Waals surface area contributed by atoms with E-state index >= 15 is 0 Å². The van der Waals surface area contributed by atoms with Gasteiger partial charge in [0.25, 0.3) is 0 Å². The van der Waals surface area contributed by atoms with Crippen LogP contribution in [0, 0.1) is 0 Å². The smallest absolute Gasteiger partial charge is 0.124 e. The highest BCUT2D eigenvalue weighted by molar-refractivity contribution is 9.10. The summed E-state index contributed by atoms with van der Waals surface area (Å²) in [6.45, 7) is 4.19. The fourth-order valence-corrected chi connectivity index (χ4v) is 3.49. The van der Waals surface area contributed by atoms with Gasteiger partial charge in [0.1, 0.15) is 11.9 Å².